The zero-order valence-electron chi connectivity index (χ0n) is 10.9. The quantitative estimate of drug-likeness (QED) is 0.835. The summed E-state index contributed by atoms with van der Waals surface area (Å²) in [5.74, 6) is 0. The molecule has 0 atom stereocenters. The van der Waals surface area contributed by atoms with E-state index < -0.39 is 0 Å². The molecular weight excluding hydrogens is 248 g/mol. The van der Waals surface area contributed by atoms with Crippen molar-refractivity contribution < 1.29 is 0 Å². The topological polar surface area (TPSA) is 44.0 Å². The molecule has 0 aliphatic carbocycles. The van der Waals surface area contributed by atoms with Crippen LogP contribution >= 0.6 is 11.5 Å². The number of rotatable bonds is 2. The van der Waals surface area contributed by atoms with E-state index in [0.717, 1.165) is 28.3 Å². The Balaban J connectivity index is 2.70. The molecule has 2 rings (SSSR count). The lowest BCUT2D eigenvalue weighted by molar-refractivity contribution is 0.560. The van der Waals surface area contributed by atoms with Crippen LogP contribution in [0.15, 0.2) is 27.8 Å². The van der Waals surface area contributed by atoms with Crippen molar-refractivity contribution in [2.75, 3.05) is 0 Å². The second-order valence-corrected chi connectivity index (χ2v) is 5.58. The molecule has 4 nitrogen and oxygen atoms in total. The van der Waals surface area contributed by atoms with Crippen molar-refractivity contribution in [3.8, 4) is 5.69 Å². The lowest BCUT2D eigenvalue weighted by Gasteiger charge is -2.06. The number of hydrogen-bond donors (Lipinski definition) is 0. The van der Waals surface area contributed by atoms with Crippen molar-refractivity contribution in [2.45, 2.75) is 33.7 Å². The van der Waals surface area contributed by atoms with Gasteiger partial charge >= 0.3 is 10.6 Å². The Hall–Kier alpha value is -1.62. The Labute approximate surface area is 109 Å². The Bertz CT molecular complexity index is 692. The van der Waals surface area contributed by atoms with Crippen LogP contribution in [0.25, 0.3) is 5.69 Å². The summed E-state index contributed by atoms with van der Waals surface area (Å²) >= 11 is 0.954. The van der Waals surface area contributed by atoms with Crippen LogP contribution < -0.4 is 10.6 Å². The van der Waals surface area contributed by atoms with Gasteiger partial charge in [-0.05, 0) is 39.3 Å². The Morgan fingerprint density at radius 3 is 2.33 bits per heavy atom. The molecule has 0 spiro atoms. The molecule has 2 aromatic rings. The number of nitrogens with zero attached hydrogens (tertiary/aromatic N) is 2. The van der Waals surface area contributed by atoms with Gasteiger partial charge in [0.15, 0.2) is 0 Å². The van der Waals surface area contributed by atoms with Crippen molar-refractivity contribution in [1.29, 1.82) is 0 Å². The van der Waals surface area contributed by atoms with Crippen LogP contribution in [0.1, 0.15) is 31.0 Å². The maximum Gasteiger partial charge on any atom is 0.346 e. The summed E-state index contributed by atoms with van der Waals surface area (Å²) in [5.41, 5.74) is 2.66. The standard InChI is InChI=1S/C13H16N2O2S/c1-8(2)14-12(16)15(18-13(14)17)11-6-5-9(3)7-10(11)4/h5-8H,1-4H3. The number of benzene rings is 1. The fourth-order valence-corrected chi connectivity index (χ4v) is 2.96. The molecule has 0 fully saturated rings. The molecule has 0 amide bonds. The first-order valence-electron chi connectivity index (χ1n) is 5.84. The summed E-state index contributed by atoms with van der Waals surface area (Å²) in [6.07, 6.45) is 0. The van der Waals surface area contributed by atoms with Crippen LogP contribution in [0.2, 0.25) is 0 Å². The van der Waals surface area contributed by atoms with E-state index in [1.54, 1.807) is 0 Å². The minimum atomic E-state index is -0.257. The van der Waals surface area contributed by atoms with Gasteiger partial charge in [0.2, 0.25) is 0 Å². The molecule has 0 aliphatic rings. The molecule has 0 saturated carbocycles. The van der Waals surface area contributed by atoms with Gasteiger partial charge in [-0.25, -0.2) is 13.3 Å². The number of aryl methyl sites for hydroxylation is 2. The third-order valence-electron chi connectivity index (χ3n) is 2.83. The number of hydrogen-bond acceptors (Lipinski definition) is 3. The van der Waals surface area contributed by atoms with Gasteiger partial charge in [0.1, 0.15) is 0 Å². The predicted octanol–water partition coefficient (Wildman–Crippen LogP) is 2.26. The minimum absolute atomic E-state index is 0.117. The summed E-state index contributed by atoms with van der Waals surface area (Å²) in [5, 5.41) is 0. The normalized spacial score (nSPS) is 11.2. The molecule has 0 N–H and O–H groups in total. The van der Waals surface area contributed by atoms with E-state index in [4.69, 9.17) is 0 Å². The molecule has 0 unspecified atom stereocenters. The first kappa shape index (κ1) is 12.8. The van der Waals surface area contributed by atoms with E-state index >= 15 is 0 Å². The molecule has 96 valence electrons. The molecule has 18 heavy (non-hydrogen) atoms. The van der Waals surface area contributed by atoms with Gasteiger partial charge < -0.3 is 0 Å². The van der Waals surface area contributed by atoms with Gasteiger partial charge in [-0.2, -0.15) is 0 Å². The molecular formula is C13H16N2O2S. The van der Waals surface area contributed by atoms with E-state index in [2.05, 4.69) is 0 Å². The molecule has 1 aromatic carbocycles. The van der Waals surface area contributed by atoms with Crippen molar-refractivity contribution in [2.24, 2.45) is 0 Å². The van der Waals surface area contributed by atoms with Crippen molar-refractivity contribution >= 4 is 11.5 Å². The van der Waals surface area contributed by atoms with Crippen LogP contribution in [-0.4, -0.2) is 8.52 Å². The monoisotopic (exact) mass is 264 g/mol. The largest absolute Gasteiger partial charge is 0.346 e. The Morgan fingerprint density at radius 1 is 1.17 bits per heavy atom. The summed E-state index contributed by atoms with van der Waals surface area (Å²) < 4.78 is 2.75. The first-order chi connectivity index (χ1) is 8.41. The SMILES string of the molecule is Cc1ccc(-n2sc(=O)n(C(C)C)c2=O)c(C)c1. The second-order valence-electron chi connectivity index (χ2n) is 4.69. The Kier molecular flexibility index (Phi) is 3.26. The van der Waals surface area contributed by atoms with Crippen LogP contribution in [0.5, 0.6) is 0 Å². The van der Waals surface area contributed by atoms with E-state index in [1.165, 1.54) is 8.52 Å². The summed E-state index contributed by atoms with van der Waals surface area (Å²) in [6.45, 7) is 7.61. The fourth-order valence-electron chi connectivity index (χ4n) is 1.95. The third kappa shape index (κ3) is 2.06. The molecule has 0 saturated heterocycles. The number of aromatic nitrogens is 2. The molecule has 0 bridgehead atoms. The van der Waals surface area contributed by atoms with Gasteiger partial charge in [0.05, 0.1) is 5.69 Å². The first-order valence-corrected chi connectivity index (χ1v) is 6.61. The molecule has 0 radical (unpaired) electrons. The van der Waals surface area contributed by atoms with Crippen molar-refractivity contribution in [3.05, 3.63) is 49.5 Å². The lowest BCUT2D eigenvalue weighted by atomic mass is 10.1. The van der Waals surface area contributed by atoms with Crippen molar-refractivity contribution in [3.63, 3.8) is 0 Å². The third-order valence-corrected chi connectivity index (χ3v) is 3.72. The van der Waals surface area contributed by atoms with Gasteiger partial charge in [0, 0.05) is 17.6 Å². The molecule has 5 heteroatoms. The fraction of sp³-hybridized carbons (Fsp3) is 0.385. The van der Waals surface area contributed by atoms with Crippen LogP contribution in [0.3, 0.4) is 0 Å². The predicted molar refractivity (Wildman–Crippen MR) is 74.0 cm³/mol. The average Bonchev–Trinajstić information content (AvgIpc) is 2.54. The zero-order valence-corrected chi connectivity index (χ0v) is 11.7. The maximum atomic E-state index is 12.2. The average molecular weight is 264 g/mol. The smallest absolute Gasteiger partial charge is 0.255 e. The highest BCUT2D eigenvalue weighted by molar-refractivity contribution is 7.03. The highest BCUT2D eigenvalue weighted by Gasteiger charge is 2.14. The maximum absolute atomic E-state index is 12.2. The van der Waals surface area contributed by atoms with Crippen molar-refractivity contribution in [1.82, 2.24) is 8.52 Å². The van der Waals surface area contributed by atoms with E-state index in [-0.39, 0.29) is 16.6 Å². The van der Waals surface area contributed by atoms with Gasteiger partial charge in [-0.1, -0.05) is 17.7 Å². The van der Waals surface area contributed by atoms with Gasteiger partial charge in [0.25, 0.3) is 0 Å². The lowest BCUT2D eigenvalue weighted by Crippen LogP contribution is -2.30. The molecule has 1 heterocycles. The zero-order chi connectivity index (χ0) is 13.4. The van der Waals surface area contributed by atoms with Crippen LogP contribution in [-0.2, 0) is 0 Å². The highest BCUT2D eigenvalue weighted by Crippen LogP contribution is 2.15. The van der Waals surface area contributed by atoms with E-state index in [0.29, 0.717) is 0 Å². The van der Waals surface area contributed by atoms with Crippen LogP contribution in [0, 0.1) is 13.8 Å². The van der Waals surface area contributed by atoms with E-state index in [9.17, 15) is 9.59 Å². The highest BCUT2D eigenvalue weighted by atomic mass is 32.1. The summed E-state index contributed by atoms with van der Waals surface area (Å²) in [4.78, 5) is 23.8. The van der Waals surface area contributed by atoms with Gasteiger partial charge in [-0.15, -0.1) is 0 Å². The summed E-state index contributed by atoms with van der Waals surface area (Å²) in [6, 6.07) is 5.71. The molecule has 0 aliphatic heterocycles. The van der Waals surface area contributed by atoms with E-state index in [1.807, 2.05) is 45.9 Å². The summed E-state index contributed by atoms with van der Waals surface area (Å²) in [7, 11) is 0. The van der Waals surface area contributed by atoms with Crippen LogP contribution in [0.4, 0.5) is 0 Å². The Morgan fingerprint density at radius 2 is 1.83 bits per heavy atom. The second kappa shape index (κ2) is 4.57. The minimum Gasteiger partial charge on any atom is -0.255 e. The molecule has 1 aromatic heterocycles. The van der Waals surface area contributed by atoms with Gasteiger partial charge in [-0.3, -0.25) is 4.79 Å².